The highest BCUT2D eigenvalue weighted by molar-refractivity contribution is 9.15. The van der Waals surface area contributed by atoms with Crippen LogP contribution in [0.3, 0.4) is 0 Å². The van der Waals surface area contributed by atoms with Gasteiger partial charge in [0.2, 0.25) is 0 Å². The number of carboxylic acids is 1. The molecular formula is C15H9Br4NO4. The summed E-state index contributed by atoms with van der Waals surface area (Å²) in [4.78, 5) is 24.3. The Kier molecular flexibility index (Phi) is 6.11. The fourth-order valence-electron chi connectivity index (χ4n) is 1.98. The van der Waals surface area contributed by atoms with Crippen molar-refractivity contribution < 1.29 is 19.8 Å². The summed E-state index contributed by atoms with van der Waals surface area (Å²) in [5.74, 6) is -2.05. The van der Waals surface area contributed by atoms with Crippen LogP contribution in [-0.4, -0.2) is 22.1 Å². The molecule has 9 heteroatoms. The van der Waals surface area contributed by atoms with E-state index in [1.54, 1.807) is 19.1 Å². The maximum absolute atomic E-state index is 12.6. The normalized spacial score (nSPS) is 10.5. The quantitative estimate of drug-likeness (QED) is 0.245. The molecule has 2 aromatic rings. The van der Waals surface area contributed by atoms with E-state index in [1.165, 1.54) is 6.07 Å². The van der Waals surface area contributed by atoms with E-state index >= 15 is 0 Å². The highest BCUT2D eigenvalue weighted by atomic mass is 79.9. The van der Waals surface area contributed by atoms with Crippen molar-refractivity contribution in [2.24, 2.45) is 0 Å². The van der Waals surface area contributed by atoms with Gasteiger partial charge in [0, 0.05) is 17.9 Å². The second-order valence-corrected chi connectivity index (χ2v) is 7.96. The van der Waals surface area contributed by atoms with Gasteiger partial charge in [-0.05, 0) is 88.3 Å². The monoisotopic (exact) mass is 583 g/mol. The van der Waals surface area contributed by atoms with Crippen molar-refractivity contribution in [1.29, 1.82) is 0 Å². The topological polar surface area (TPSA) is 86.6 Å². The van der Waals surface area contributed by atoms with Gasteiger partial charge in [0.15, 0.2) is 0 Å². The molecule has 0 aromatic heterocycles. The zero-order valence-corrected chi connectivity index (χ0v) is 18.3. The van der Waals surface area contributed by atoms with Crippen LogP contribution in [0.15, 0.2) is 36.1 Å². The molecule has 5 nitrogen and oxygen atoms in total. The number of carboxylic acid groups (broad SMARTS) is 1. The van der Waals surface area contributed by atoms with E-state index in [0.29, 0.717) is 8.95 Å². The third-order valence-electron chi connectivity index (χ3n) is 3.11. The minimum Gasteiger partial charge on any atom is -0.506 e. The molecule has 0 aliphatic rings. The third-order valence-corrected chi connectivity index (χ3v) is 7.88. The van der Waals surface area contributed by atoms with Gasteiger partial charge in [0.25, 0.3) is 5.91 Å². The molecular weight excluding hydrogens is 578 g/mol. The number of anilines is 1. The van der Waals surface area contributed by atoms with E-state index in [1.807, 2.05) is 0 Å². The van der Waals surface area contributed by atoms with E-state index < -0.39 is 11.9 Å². The number of carbonyl (C=O) groups is 2. The fraction of sp³-hybridized carbons (Fsp3) is 0.0667. The van der Waals surface area contributed by atoms with Crippen LogP contribution in [0.1, 0.15) is 26.3 Å². The van der Waals surface area contributed by atoms with Gasteiger partial charge in [0.05, 0.1) is 16.8 Å². The average Bonchev–Trinajstić information content (AvgIpc) is 2.50. The number of hydrogen-bond donors (Lipinski definition) is 3. The summed E-state index contributed by atoms with van der Waals surface area (Å²) in [6, 6.07) is 4.76. The van der Waals surface area contributed by atoms with E-state index in [9.17, 15) is 19.8 Å². The molecule has 0 atom stereocenters. The standard InChI is InChI=1S/C15H9Br4NO4/c1-5-2-3-6(7(21)4-5)20-14(22)8-9(15(23)24)11(17)13(19)12(18)10(8)16/h2-4,21H,1H3,(H,20,22)(H,23,24). The van der Waals surface area contributed by atoms with Crippen LogP contribution in [0.5, 0.6) is 5.75 Å². The minimum absolute atomic E-state index is 0.0792. The minimum atomic E-state index is -1.27. The number of hydrogen-bond acceptors (Lipinski definition) is 3. The highest BCUT2D eigenvalue weighted by Crippen LogP contribution is 2.42. The molecule has 0 bridgehead atoms. The first-order valence-electron chi connectivity index (χ1n) is 6.35. The number of nitrogens with one attached hydrogen (secondary N) is 1. The number of aryl methyl sites for hydroxylation is 1. The molecule has 24 heavy (non-hydrogen) atoms. The van der Waals surface area contributed by atoms with Gasteiger partial charge < -0.3 is 15.5 Å². The number of phenolic OH excluding ortho intramolecular Hbond substituents is 1. The molecule has 0 saturated carbocycles. The maximum atomic E-state index is 12.6. The summed E-state index contributed by atoms with van der Waals surface area (Å²) in [6.07, 6.45) is 0. The number of carbonyl (C=O) groups excluding carboxylic acids is 1. The highest BCUT2D eigenvalue weighted by Gasteiger charge is 2.28. The Morgan fingerprint density at radius 1 is 0.958 bits per heavy atom. The van der Waals surface area contributed by atoms with Gasteiger partial charge >= 0.3 is 5.97 Å². The van der Waals surface area contributed by atoms with Crippen molar-refractivity contribution in [3.63, 3.8) is 0 Å². The Hall–Kier alpha value is -0.900. The smallest absolute Gasteiger partial charge is 0.337 e. The van der Waals surface area contributed by atoms with E-state index in [2.05, 4.69) is 69.0 Å². The molecule has 0 heterocycles. The Morgan fingerprint density at radius 2 is 1.50 bits per heavy atom. The average molecular weight is 587 g/mol. The maximum Gasteiger partial charge on any atom is 0.337 e. The Balaban J connectivity index is 2.59. The summed E-state index contributed by atoms with van der Waals surface area (Å²) < 4.78 is 1.45. The number of aromatic carboxylic acids is 1. The molecule has 1 amide bonds. The second-order valence-electron chi connectivity index (χ2n) is 4.79. The van der Waals surface area contributed by atoms with Gasteiger partial charge in [-0.1, -0.05) is 6.07 Å². The first kappa shape index (κ1) is 19.4. The molecule has 0 unspecified atom stereocenters. The third kappa shape index (κ3) is 3.68. The van der Waals surface area contributed by atoms with E-state index in [-0.39, 0.29) is 31.5 Å². The van der Waals surface area contributed by atoms with Crippen LogP contribution in [-0.2, 0) is 0 Å². The summed E-state index contributed by atoms with van der Waals surface area (Å²) in [5.41, 5.74) is 0.724. The number of rotatable bonds is 3. The lowest BCUT2D eigenvalue weighted by atomic mass is 10.1. The lowest BCUT2D eigenvalue weighted by Crippen LogP contribution is -2.18. The summed E-state index contributed by atoms with van der Waals surface area (Å²) in [6.45, 7) is 1.80. The Bertz CT molecular complexity index is 867. The summed E-state index contributed by atoms with van der Waals surface area (Å²) >= 11 is 13.0. The Labute approximate surface area is 171 Å². The number of halogens is 4. The van der Waals surface area contributed by atoms with Crippen molar-refractivity contribution in [2.45, 2.75) is 6.92 Å². The van der Waals surface area contributed by atoms with E-state index in [0.717, 1.165) is 5.56 Å². The molecule has 3 N–H and O–H groups in total. The number of phenols is 1. The summed E-state index contributed by atoms with van der Waals surface area (Å²) in [5, 5.41) is 21.9. The SMILES string of the molecule is Cc1ccc(NC(=O)c2c(Br)c(Br)c(Br)c(Br)c2C(=O)O)c(O)c1. The van der Waals surface area contributed by atoms with Crippen molar-refractivity contribution in [3.8, 4) is 5.75 Å². The number of aromatic hydroxyl groups is 1. The zero-order valence-electron chi connectivity index (χ0n) is 12.0. The molecule has 0 fully saturated rings. The number of amides is 1. The van der Waals surface area contributed by atoms with E-state index in [4.69, 9.17) is 0 Å². The van der Waals surface area contributed by atoms with Crippen molar-refractivity contribution >= 4 is 81.3 Å². The van der Waals surface area contributed by atoms with Gasteiger partial charge in [-0.2, -0.15) is 0 Å². The van der Waals surface area contributed by atoms with Crippen LogP contribution in [0.4, 0.5) is 5.69 Å². The summed E-state index contributed by atoms with van der Waals surface area (Å²) in [7, 11) is 0. The first-order valence-corrected chi connectivity index (χ1v) is 9.52. The lowest BCUT2D eigenvalue weighted by Gasteiger charge is -2.15. The molecule has 126 valence electrons. The molecule has 0 spiro atoms. The molecule has 0 aliphatic carbocycles. The van der Waals surface area contributed by atoms with Crippen LogP contribution in [0.25, 0.3) is 0 Å². The zero-order chi connectivity index (χ0) is 18.2. The van der Waals surface area contributed by atoms with Gasteiger partial charge in [-0.3, -0.25) is 4.79 Å². The van der Waals surface area contributed by atoms with Gasteiger partial charge in [0.1, 0.15) is 5.75 Å². The Morgan fingerprint density at radius 3 is 2.00 bits per heavy atom. The van der Waals surface area contributed by atoms with Gasteiger partial charge in [-0.25, -0.2) is 4.79 Å². The predicted octanol–water partition coefficient (Wildman–Crippen LogP) is 5.70. The van der Waals surface area contributed by atoms with Crippen molar-refractivity contribution in [3.05, 3.63) is 52.8 Å². The van der Waals surface area contributed by atoms with Gasteiger partial charge in [-0.15, -0.1) is 0 Å². The second kappa shape index (κ2) is 7.55. The molecule has 0 saturated heterocycles. The molecule has 0 radical (unpaired) electrons. The largest absolute Gasteiger partial charge is 0.506 e. The number of benzene rings is 2. The van der Waals surface area contributed by atoms with Crippen LogP contribution in [0, 0.1) is 6.92 Å². The predicted molar refractivity (Wildman–Crippen MR) is 105 cm³/mol. The first-order chi connectivity index (χ1) is 11.1. The lowest BCUT2D eigenvalue weighted by molar-refractivity contribution is 0.0691. The molecule has 2 rings (SSSR count). The molecule has 0 aliphatic heterocycles. The van der Waals surface area contributed by atoms with Crippen molar-refractivity contribution in [1.82, 2.24) is 0 Å². The van der Waals surface area contributed by atoms with Crippen LogP contribution < -0.4 is 5.32 Å². The fourth-order valence-corrected chi connectivity index (χ4v) is 4.45. The van der Waals surface area contributed by atoms with Crippen LogP contribution >= 0.6 is 63.7 Å². The van der Waals surface area contributed by atoms with Crippen molar-refractivity contribution in [2.75, 3.05) is 5.32 Å². The van der Waals surface area contributed by atoms with Crippen LogP contribution in [0.2, 0.25) is 0 Å². The molecule has 2 aromatic carbocycles.